The molecule has 0 aliphatic carbocycles. The van der Waals surface area contributed by atoms with Crippen LogP contribution < -0.4 is 15.4 Å². The van der Waals surface area contributed by atoms with Crippen LogP contribution in [0.4, 0.5) is 5.69 Å². The molecule has 1 aliphatic rings. The Bertz CT molecular complexity index is 1280. The van der Waals surface area contributed by atoms with E-state index >= 15 is 0 Å². The van der Waals surface area contributed by atoms with Gasteiger partial charge in [0.2, 0.25) is 5.91 Å². The van der Waals surface area contributed by atoms with Gasteiger partial charge in [-0.05, 0) is 60.9 Å². The summed E-state index contributed by atoms with van der Waals surface area (Å²) in [6, 6.07) is 17.1. The van der Waals surface area contributed by atoms with E-state index in [0.29, 0.717) is 41.5 Å². The molecule has 1 aliphatic heterocycles. The van der Waals surface area contributed by atoms with Crippen molar-refractivity contribution in [3.8, 4) is 11.8 Å². The second-order valence-electron chi connectivity index (χ2n) is 9.23. The molecule has 1 fully saturated rings. The van der Waals surface area contributed by atoms with Gasteiger partial charge in [-0.25, -0.2) is 0 Å². The molecule has 0 unspecified atom stereocenters. The highest BCUT2D eigenvalue weighted by molar-refractivity contribution is 6.30. The molecule has 10 heteroatoms. The smallest absolute Gasteiger partial charge is 0.250 e. The minimum atomic E-state index is -0.578. The maximum absolute atomic E-state index is 10.7. The number of amides is 1. The Labute approximate surface area is 234 Å². The number of nitrogens with zero attached hydrogens (tertiary/aromatic N) is 4. The van der Waals surface area contributed by atoms with Crippen molar-refractivity contribution in [3.63, 3.8) is 0 Å². The van der Waals surface area contributed by atoms with Crippen LogP contribution in [0.2, 0.25) is 5.02 Å². The number of benzene rings is 2. The molecule has 0 spiro atoms. The number of piperazine rings is 1. The summed E-state index contributed by atoms with van der Waals surface area (Å²) < 4.78 is 5.54. The molecule has 2 heterocycles. The van der Waals surface area contributed by atoms with Crippen molar-refractivity contribution in [2.45, 2.75) is 32.4 Å². The molecule has 39 heavy (non-hydrogen) atoms. The van der Waals surface area contributed by atoms with Gasteiger partial charge < -0.3 is 25.6 Å². The van der Waals surface area contributed by atoms with Gasteiger partial charge in [-0.15, -0.1) is 0 Å². The Morgan fingerprint density at radius 2 is 1.97 bits per heavy atom. The fourth-order valence-corrected chi connectivity index (χ4v) is 4.33. The maximum Gasteiger partial charge on any atom is 0.250 e. The molecule has 0 radical (unpaired) electrons. The van der Waals surface area contributed by atoms with Crippen LogP contribution in [0.1, 0.15) is 46.9 Å². The number of hydrogen-bond acceptors (Lipinski definition) is 8. The van der Waals surface area contributed by atoms with E-state index in [0.717, 1.165) is 23.2 Å². The number of ether oxygens (including phenoxy) is 1. The molecule has 206 valence electrons. The zero-order valence-electron chi connectivity index (χ0n) is 22.1. The molecule has 1 amide bonds. The third-order valence-electron chi connectivity index (χ3n) is 6.30. The van der Waals surface area contributed by atoms with Crippen LogP contribution in [0.5, 0.6) is 5.75 Å². The largest absolute Gasteiger partial charge is 0.491 e. The van der Waals surface area contributed by atoms with Gasteiger partial charge in [0.15, 0.2) is 0 Å². The van der Waals surface area contributed by atoms with E-state index in [1.807, 2.05) is 48.2 Å². The highest BCUT2D eigenvalue weighted by Gasteiger charge is 2.29. The number of primary amides is 1. The van der Waals surface area contributed by atoms with Crippen molar-refractivity contribution in [2.24, 2.45) is 5.73 Å². The first kappa shape index (κ1) is 29.9. The van der Waals surface area contributed by atoms with Crippen molar-refractivity contribution in [2.75, 3.05) is 37.9 Å². The third-order valence-corrected chi connectivity index (χ3v) is 6.55. The van der Waals surface area contributed by atoms with Crippen LogP contribution in [-0.2, 0) is 6.42 Å². The van der Waals surface area contributed by atoms with Gasteiger partial charge in [0.1, 0.15) is 18.4 Å². The summed E-state index contributed by atoms with van der Waals surface area (Å²) in [5.41, 5.74) is 8.97. The number of hydrogen-bond donors (Lipinski definition) is 3. The Morgan fingerprint density at radius 1 is 1.23 bits per heavy atom. The number of aromatic nitrogens is 1. The van der Waals surface area contributed by atoms with Gasteiger partial charge in [-0.2, -0.15) is 5.26 Å². The summed E-state index contributed by atoms with van der Waals surface area (Å²) in [7, 11) is 0. The van der Waals surface area contributed by atoms with Crippen LogP contribution in [-0.4, -0.2) is 65.1 Å². The van der Waals surface area contributed by atoms with E-state index in [1.165, 1.54) is 6.20 Å². The summed E-state index contributed by atoms with van der Waals surface area (Å²) in [5, 5.41) is 29.4. The first-order valence-corrected chi connectivity index (χ1v) is 13.1. The van der Waals surface area contributed by atoms with Crippen LogP contribution in [0, 0.1) is 11.3 Å². The first-order chi connectivity index (χ1) is 18.7. The summed E-state index contributed by atoms with van der Waals surface area (Å²) in [6.07, 6.45) is 3.49. The Balaban J connectivity index is 0.000000320. The minimum absolute atomic E-state index is 0.00480. The van der Waals surface area contributed by atoms with Gasteiger partial charge in [-0.3, -0.25) is 14.7 Å². The van der Waals surface area contributed by atoms with Gasteiger partial charge >= 0.3 is 0 Å². The monoisotopic (exact) mass is 551 g/mol. The van der Waals surface area contributed by atoms with Gasteiger partial charge in [0.05, 0.1) is 35.7 Å². The van der Waals surface area contributed by atoms with Crippen molar-refractivity contribution >= 4 is 23.2 Å². The summed E-state index contributed by atoms with van der Waals surface area (Å²) in [4.78, 5) is 18.7. The van der Waals surface area contributed by atoms with E-state index < -0.39 is 12.0 Å². The number of carbonyl (C=O) groups is 1. The third kappa shape index (κ3) is 8.40. The SMILES string of the molecule is CCc1cncc(C(N)=O)c1.C[C@H](O)COc1ccc(N2CCN(CO)C[C@H]2c2ccc(Cl)cc2)c(C#N)c1. The number of pyridine rings is 1. The number of aryl methyl sites for hydroxylation is 1. The molecular formula is C29H34ClN5O4. The van der Waals surface area contributed by atoms with Crippen molar-refractivity contribution in [3.05, 3.63) is 88.2 Å². The highest BCUT2D eigenvalue weighted by atomic mass is 35.5. The highest BCUT2D eigenvalue weighted by Crippen LogP contribution is 2.34. The number of nitriles is 1. The first-order valence-electron chi connectivity index (χ1n) is 12.7. The Hall–Kier alpha value is -3.68. The van der Waals surface area contributed by atoms with E-state index in [-0.39, 0.29) is 19.4 Å². The fraction of sp³-hybridized carbons (Fsp3) is 0.345. The number of carbonyl (C=O) groups excluding carboxylic acids is 1. The number of rotatable bonds is 8. The normalized spacial score (nSPS) is 16.0. The topological polar surface area (TPSA) is 136 Å². The predicted octanol–water partition coefficient (Wildman–Crippen LogP) is 3.53. The molecule has 2 aromatic carbocycles. The van der Waals surface area contributed by atoms with Crippen molar-refractivity contribution < 1.29 is 19.7 Å². The molecule has 4 rings (SSSR count). The molecule has 9 nitrogen and oxygen atoms in total. The fourth-order valence-electron chi connectivity index (χ4n) is 4.20. The Morgan fingerprint density at radius 3 is 2.59 bits per heavy atom. The van der Waals surface area contributed by atoms with Crippen molar-refractivity contribution in [1.29, 1.82) is 5.26 Å². The molecule has 1 saturated heterocycles. The minimum Gasteiger partial charge on any atom is -0.491 e. The van der Waals surface area contributed by atoms with E-state index in [9.17, 15) is 20.3 Å². The van der Waals surface area contributed by atoms with E-state index in [2.05, 4.69) is 16.0 Å². The average Bonchev–Trinajstić information content (AvgIpc) is 2.96. The molecule has 1 aromatic heterocycles. The van der Waals surface area contributed by atoms with Crippen LogP contribution in [0.25, 0.3) is 0 Å². The molecule has 2 atom stereocenters. The number of aliphatic hydroxyl groups is 2. The second kappa shape index (κ2) is 14.5. The number of aliphatic hydroxyl groups excluding tert-OH is 2. The number of halogens is 1. The number of anilines is 1. The standard InChI is InChI=1S/C21H24ClN3O3.C8H10N2O/c1-15(27)13-28-19-6-7-20(17(10-19)11-23)25-9-8-24(14-26)12-21(25)16-2-4-18(22)5-3-16;1-2-6-3-7(8(9)11)5-10-4-6/h2-7,10,15,21,26-27H,8-9,12-14H2,1H3;3-5H,2H2,1H3,(H2,9,11)/t15-,21-;/m0./s1. The maximum atomic E-state index is 10.7. The number of nitrogens with two attached hydrogens (primary N) is 1. The predicted molar refractivity (Wildman–Crippen MR) is 151 cm³/mol. The van der Waals surface area contributed by atoms with E-state index in [1.54, 1.807) is 25.3 Å². The molecular weight excluding hydrogens is 518 g/mol. The summed E-state index contributed by atoms with van der Waals surface area (Å²) in [5.74, 6) is 0.131. The van der Waals surface area contributed by atoms with Gasteiger partial charge in [-0.1, -0.05) is 30.7 Å². The second-order valence-corrected chi connectivity index (χ2v) is 9.67. The van der Waals surface area contributed by atoms with Gasteiger partial charge in [0, 0.05) is 37.1 Å². The van der Waals surface area contributed by atoms with Crippen LogP contribution in [0.15, 0.2) is 60.9 Å². The molecule has 4 N–H and O–H groups in total. The Kier molecular flexibility index (Phi) is 11.1. The lowest BCUT2D eigenvalue weighted by Gasteiger charge is -2.42. The average molecular weight is 552 g/mol. The lowest BCUT2D eigenvalue weighted by atomic mass is 10.00. The molecule has 0 bridgehead atoms. The zero-order valence-corrected chi connectivity index (χ0v) is 22.9. The van der Waals surface area contributed by atoms with Gasteiger partial charge in [0.25, 0.3) is 0 Å². The van der Waals surface area contributed by atoms with Crippen LogP contribution in [0.3, 0.4) is 0 Å². The summed E-state index contributed by atoms with van der Waals surface area (Å²) in [6.45, 7) is 5.84. The quantitative estimate of drug-likeness (QED) is 0.387. The molecule has 0 saturated carbocycles. The molecule has 3 aromatic rings. The van der Waals surface area contributed by atoms with E-state index in [4.69, 9.17) is 22.1 Å². The zero-order chi connectivity index (χ0) is 28.4. The lowest BCUT2D eigenvalue weighted by molar-refractivity contribution is 0.0882. The lowest BCUT2D eigenvalue weighted by Crippen LogP contribution is -2.49. The van der Waals surface area contributed by atoms with Crippen molar-refractivity contribution in [1.82, 2.24) is 9.88 Å². The summed E-state index contributed by atoms with van der Waals surface area (Å²) >= 11 is 6.04. The van der Waals surface area contributed by atoms with Crippen LogP contribution >= 0.6 is 11.6 Å².